The van der Waals surface area contributed by atoms with E-state index in [0.717, 1.165) is 0 Å². The third-order valence-electron chi connectivity index (χ3n) is 1.81. The van der Waals surface area contributed by atoms with E-state index in [-0.39, 0.29) is 11.8 Å². The molecule has 0 aromatic carbocycles. The Labute approximate surface area is 84.4 Å². The van der Waals surface area contributed by atoms with Crippen molar-refractivity contribution in [3.8, 4) is 0 Å². The normalized spacial score (nSPS) is 12.1. The van der Waals surface area contributed by atoms with Gasteiger partial charge in [0.2, 0.25) is 11.8 Å². The zero-order chi connectivity index (χ0) is 11.6. The van der Waals surface area contributed by atoms with E-state index in [1.54, 1.807) is 27.7 Å². The van der Waals surface area contributed by atoms with Gasteiger partial charge in [-0.25, -0.2) is 0 Å². The van der Waals surface area contributed by atoms with Gasteiger partial charge in [-0.3, -0.25) is 9.59 Å². The van der Waals surface area contributed by atoms with Gasteiger partial charge in [-0.15, -0.1) is 0 Å². The molecule has 0 rings (SSSR count). The quantitative estimate of drug-likeness (QED) is 0.568. The molecule has 0 saturated heterocycles. The zero-order valence-corrected chi connectivity index (χ0v) is 9.39. The molecule has 0 heterocycles. The average Bonchev–Trinajstić information content (AvgIpc) is 2.00. The Morgan fingerprint density at radius 2 is 1.50 bits per heavy atom. The summed E-state index contributed by atoms with van der Waals surface area (Å²) in [7, 11) is 1.52. The standard InChI is InChI=1S/C9H19N3O2/c1-8(2,10)6(13)12-9(3,4)7(14)11-5/h10H2,1-5H3,(H,11,14)(H,12,13). The lowest BCUT2D eigenvalue weighted by molar-refractivity contribution is -0.134. The second-order valence-electron chi connectivity index (χ2n) is 4.38. The van der Waals surface area contributed by atoms with E-state index in [1.807, 2.05) is 0 Å². The molecule has 4 N–H and O–H groups in total. The van der Waals surface area contributed by atoms with E-state index in [2.05, 4.69) is 10.6 Å². The molecule has 0 aliphatic carbocycles. The SMILES string of the molecule is CNC(=O)C(C)(C)NC(=O)C(C)(C)N. The number of carbonyl (C=O) groups excluding carboxylic acids is 2. The van der Waals surface area contributed by atoms with Crippen molar-refractivity contribution in [2.75, 3.05) is 7.05 Å². The smallest absolute Gasteiger partial charge is 0.244 e. The van der Waals surface area contributed by atoms with E-state index in [0.29, 0.717) is 0 Å². The molecule has 0 radical (unpaired) electrons. The lowest BCUT2D eigenvalue weighted by Crippen LogP contribution is -2.60. The van der Waals surface area contributed by atoms with Crippen molar-refractivity contribution in [3.05, 3.63) is 0 Å². The van der Waals surface area contributed by atoms with E-state index < -0.39 is 11.1 Å². The van der Waals surface area contributed by atoms with Gasteiger partial charge in [-0.05, 0) is 27.7 Å². The fourth-order valence-electron chi connectivity index (χ4n) is 0.814. The summed E-state index contributed by atoms with van der Waals surface area (Å²) in [5.74, 6) is -0.610. The van der Waals surface area contributed by atoms with E-state index >= 15 is 0 Å². The van der Waals surface area contributed by atoms with Crippen molar-refractivity contribution in [1.29, 1.82) is 0 Å². The first-order chi connectivity index (χ1) is 6.11. The van der Waals surface area contributed by atoms with Crippen LogP contribution in [0, 0.1) is 0 Å². The number of rotatable bonds is 3. The second-order valence-corrected chi connectivity index (χ2v) is 4.38. The van der Waals surface area contributed by atoms with Crippen LogP contribution >= 0.6 is 0 Å². The number of nitrogens with one attached hydrogen (secondary N) is 2. The molecule has 5 heteroatoms. The highest BCUT2D eigenvalue weighted by molar-refractivity contribution is 5.93. The lowest BCUT2D eigenvalue weighted by Gasteiger charge is -2.28. The molecule has 82 valence electrons. The van der Waals surface area contributed by atoms with Gasteiger partial charge in [-0.2, -0.15) is 0 Å². The Bertz CT molecular complexity index is 241. The first-order valence-corrected chi connectivity index (χ1v) is 4.45. The van der Waals surface area contributed by atoms with E-state index in [4.69, 9.17) is 5.73 Å². The van der Waals surface area contributed by atoms with Crippen LogP contribution in [0.4, 0.5) is 0 Å². The minimum Gasteiger partial charge on any atom is -0.357 e. The Morgan fingerprint density at radius 3 is 1.79 bits per heavy atom. The lowest BCUT2D eigenvalue weighted by atomic mass is 10.00. The second kappa shape index (κ2) is 3.96. The fraction of sp³-hybridized carbons (Fsp3) is 0.778. The molecule has 0 aromatic heterocycles. The molecular formula is C9H19N3O2. The van der Waals surface area contributed by atoms with Crippen LogP contribution in [0.5, 0.6) is 0 Å². The van der Waals surface area contributed by atoms with Gasteiger partial charge in [0.05, 0.1) is 5.54 Å². The molecule has 0 fully saturated rings. The number of amides is 2. The predicted molar refractivity (Wildman–Crippen MR) is 54.6 cm³/mol. The number of carbonyl (C=O) groups is 2. The third kappa shape index (κ3) is 3.33. The maximum absolute atomic E-state index is 11.5. The van der Waals surface area contributed by atoms with Gasteiger partial charge >= 0.3 is 0 Å². The summed E-state index contributed by atoms with van der Waals surface area (Å²) in [6, 6.07) is 0. The summed E-state index contributed by atoms with van der Waals surface area (Å²) in [5.41, 5.74) is 3.66. The van der Waals surface area contributed by atoms with Gasteiger partial charge in [0.1, 0.15) is 5.54 Å². The topological polar surface area (TPSA) is 84.2 Å². The van der Waals surface area contributed by atoms with Crippen LogP contribution in [0.25, 0.3) is 0 Å². The van der Waals surface area contributed by atoms with Crippen LogP contribution in [0.15, 0.2) is 0 Å². The van der Waals surface area contributed by atoms with Crippen molar-refractivity contribution in [3.63, 3.8) is 0 Å². The summed E-state index contributed by atoms with van der Waals surface area (Å²) in [6.45, 7) is 6.41. The minimum absolute atomic E-state index is 0.255. The summed E-state index contributed by atoms with van der Waals surface area (Å²) >= 11 is 0. The highest BCUT2D eigenvalue weighted by Crippen LogP contribution is 2.05. The maximum Gasteiger partial charge on any atom is 0.244 e. The molecular weight excluding hydrogens is 182 g/mol. The first kappa shape index (κ1) is 12.9. The van der Waals surface area contributed by atoms with Crippen LogP contribution in [-0.2, 0) is 9.59 Å². The molecule has 0 unspecified atom stereocenters. The summed E-state index contributed by atoms with van der Waals surface area (Å²) in [6.07, 6.45) is 0. The zero-order valence-electron chi connectivity index (χ0n) is 9.39. The molecule has 0 spiro atoms. The number of nitrogens with two attached hydrogens (primary N) is 1. The van der Waals surface area contributed by atoms with E-state index in [1.165, 1.54) is 7.05 Å². The van der Waals surface area contributed by atoms with Crippen molar-refractivity contribution < 1.29 is 9.59 Å². The van der Waals surface area contributed by atoms with Crippen LogP contribution in [-0.4, -0.2) is 29.9 Å². The van der Waals surface area contributed by atoms with Crippen molar-refractivity contribution in [1.82, 2.24) is 10.6 Å². The van der Waals surface area contributed by atoms with Gasteiger partial charge in [-0.1, -0.05) is 0 Å². The Balaban J connectivity index is 4.53. The molecule has 0 aromatic rings. The highest BCUT2D eigenvalue weighted by Gasteiger charge is 2.32. The highest BCUT2D eigenvalue weighted by atomic mass is 16.2. The third-order valence-corrected chi connectivity index (χ3v) is 1.81. The van der Waals surface area contributed by atoms with Gasteiger partial charge in [0, 0.05) is 7.05 Å². The number of hydrogen-bond donors (Lipinski definition) is 3. The van der Waals surface area contributed by atoms with Crippen LogP contribution in [0.3, 0.4) is 0 Å². The number of hydrogen-bond acceptors (Lipinski definition) is 3. The first-order valence-electron chi connectivity index (χ1n) is 4.45. The molecule has 0 atom stereocenters. The molecule has 0 aliphatic rings. The van der Waals surface area contributed by atoms with E-state index in [9.17, 15) is 9.59 Å². The number of likely N-dealkylation sites (N-methyl/N-ethyl adjacent to an activating group) is 1. The molecule has 0 saturated carbocycles. The average molecular weight is 201 g/mol. The summed E-state index contributed by atoms with van der Waals surface area (Å²) in [4.78, 5) is 22.8. The van der Waals surface area contributed by atoms with Crippen LogP contribution in [0.2, 0.25) is 0 Å². The fourth-order valence-corrected chi connectivity index (χ4v) is 0.814. The summed E-state index contributed by atoms with van der Waals surface area (Å²) < 4.78 is 0. The molecule has 2 amide bonds. The monoisotopic (exact) mass is 201 g/mol. The molecule has 14 heavy (non-hydrogen) atoms. The molecule has 0 aliphatic heterocycles. The Kier molecular flexibility index (Phi) is 3.65. The molecule has 0 bridgehead atoms. The van der Waals surface area contributed by atoms with Crippen molar-refractivity contribution in [2.45, 2.75) is 38.8 Å². The molecule has 5 nitrogen and oxygen atoms in total. The summed E-state index contributed by atoms with van der Waals surface area (Å²) in [5, 5.41) is 5.04. The van der Waals surface area contributed by atoms with Gasteiger partial charge in [0.25, 0.3) is 0 Å². The predicted octanol–water partition coefficient (Wildman–Crippen LogP) is -0.635. The largest absolute Gasteiger partial charge is 0.357 e. The van der Waals surface area contributed by atoms with Gasteiger partial charge in [0.15, 0.2) is 0 Å². The van der Waals surface area contributed by atoms with Gasteiger partial charge < -0.3 is 16.4 Å². The Hall–Kier alpha value is -1.10. The maximum atomic E-state index is 11.5. The van der Waals surface area contributed by atoms with Crippen LogP contribution in [0.1, 0.15) is 27.7 Å². The Morgan fingerprint density at radius 1 is 1.07 bits per heavy atom. The minimum atomic E-state index is -0.981. The van der Waals surface area contributed by atoms with Crippen molar-refractivity contribution >= 4 is 11.8 Å². The van der Waals surface area contributed by atoms with Crippen molar-refractivity contribution in [2.24, 2.45) is 5.73 Å². The van der Waals surface area contributed by atoms with Crippen LogP contribution < -0.4 is 16.4 Å².